The number of rotatable bonds is 4. The Labute approximate surface area is 135 Å². The number of carbonyl (C=O) groups excluding carboxylic acids is 1. The molecule has 0 aliphatic rings. The summed E-state index contributed by atoms with van der Waals surface area (Å²) in [7, 11) is 0. The Morgan fingerprint density at radius 3 is 2.61 bits per heavy atom. The molecule has 3 rings (SSSR count). The highest BCUT2D eigenvalue weighted by Gasteiger charge is 2.10. The summed E-state index contributed by atoms with van der Waals surface area (Å²) < 4.78 is 2.02. The minimum atomic E-state index is -0.0324. The Hall–Kier alpha value is -2.95. The van der Waals surface area contributed by atoms with Gasteiger partial charge in [-0.25, -0.2) is 4.98 Å². The van der Waals surface area contributed by atoms with Crippen LogP contribution in [-0.4, -0.2) is 20.4 Å². The van der Waals surface area contributed by atoms with E-state index in [0.717, 1.165) is 22.6 Å². The lowest BCUT2D eigenvalue weighted by Gasteiger charge is -2.14. The second-order valence-electron chi connectivity index (χ2n) is 5.38. The van der Waals surface area contributed by atoms with Crippen LogP contribution in [0.5, 0.6) is 0 Å². The Bertz CT molecular complexity index is 793. The van der Waals surface area contributed by atoms with Gasteiger partial charge in [0.2, 0.25) is 5.91 Å². The standard InChI is InChI=1S/C18H18N4O/c1-13(21-14(2)23)15-5-7-17(8-6-15)22-11-10-20-18(22)16-4-3-9-19-12-16/h3-13H,1-2H3,(H,21,23)/t13-/m0/s1. The fraction of sp³-hybridized carbons (Fsp3) is 0.167. The molecular formula is C18H18N4O. The van der Waals surface area contributed by atoms with Crippen molar-refractivity contribution in [3.8, 4) is 17.1 Å². The third kappa shape index (κ3) is 3.29. The van der Waals surface area contributed by atoms with Crippen LogP contribution in [0.2, 0.25) is 0 Å². The van der Waals surface area contributed by atoms with Crippen molar-refractivity contribution in [2.75, 3.05) is 0 Å². The van der Waals surface area contributed by atoms with E-state index in [1.807, 2.05) is 54.1 Å². The van der Waals surface area contributed by atoms with Gasteiger partial charge >= 0.3 is 0 Å². The quantitative estimate of drug-likeness (QED) is 0.805. The van der Waals surface area contributed by atoms with Crippen LogP contribution in [0.1, 0.15) is 25.5 Å². The molecule has 2 aromatic heterocycles. The average molecular weight is 306 g/mol. The Kier molecular flexibility index (Phi) is 4.19. The molecule has 0 saturated carbocycles. The highest BCUT2D eigenvalue weighted by atomic mass is 16.1. The van der Waals surface area contributed by atoms with Gasteiger partial charge in [0.1, 0.15) is 5.82 Å². The van der Waals surface area contributed by atoms with E-state index in [0.29, 0.717) is 0 Å². The first kappa shape index (κ1) is 15.0. The maximum Gasteiger partial charge on any atom is 0.217 e. The predicted octanol–water partition coefficient (Wildman–Crippen LogP) is 3.13. The first-order valence-corrected chi connectivity index (χ1v) is 7.46. The minimum Gasteiger partial charge on any atom is -0.350 e. The molecule has 3 aromatic rings. The van der Waals surface area contributed by atoms with E-state index in [1.165, 1.54) is 6.92 Å². The monoisotopic (exact) mass is 306 g/mol. The van der Waals surface area contributed by atoms with Crippen LogP contribution >= 0.6 is 0 Å². The number of aromatic nitrogens is 3. The SMILES string of the molecule is CC(=O)N[C@@H](C)c1ccc(-n2ccnc2-c2cccnc2)cc1. The Morgan fingerprint density at radius 1 is 1.17 bits per heavy atom. The van der Waals surface area contributed by atoms with Crippen molar-refractivity contribution < 1.29 is 4.79 Å². The largest absolute Gasteiger partial charge is 0.350 e. The van der Waals surface area contributed by atoms with Gasteiger partial charge in [-0.05, 0) is 36.8 Å². The molecule has 5 nitrogen and oxygen atoms in total. The molecule has 0 fully saturated rings. The molecule has 1 atom stereocenters. The molecule has 5 heteroatoms. The number of imidazole rings is 1. The summed E-state index contributed by atoms with van der Waals surface area (Å²) in [6, 6.07) is 11.9. The van der Waals surface area contributed by atoms with Gasteiger partial charge in [-0.3, -0.25) is 14.3 Å². The summed E-state index contributed by atoms with van der Waals surface area (Å²) in [6.07, 6.45) is 7.24. The maximum absolute atomic E-state index is 11.2. The molecule has 2 heterocycles. The number of amides is 1. The smallest absolute Gasteiger partial charge is 0.217 e. The molecule has 0 bridgehead atoms. The molecular weight excluding hydrogens is 288 g/mol. The predicted molar refractivity (Wildman–Crippen MR) is 89.0 cm³/mol. The van der Waals surface area contributed by atoms with E-state index in [2.05, 4.69) is 15.3 Å². The number of pyridine rings is 1. The van der Waals surface area contributed by atoms with Crippen molar-refractivity contribution in [2.24, 2.45) is 0 Å². The number of carbonyl (C=O) groups is 1. The molecule has 1 amide bonds. The fourth-order valence-corrected chi connectivity index (χ4v) is 2.53. The van der Waals surface area contributed by atoms with Gasteiger partial charge < -0.3 is 5.32 Å². The number of hydrogen-bond donors (Lipinski definition) is 1. The third-order valence-electron chi connectivity index (χ3n) is 3.65. The normalized spacial score (nSPS) is 11.9. The zero-order valence-corrected chi connectivity index (χ0v) is 13.1. The summed E-state index contributed by atoms with van der Waals surface area (Å²) in [4.78, 5) is 19.7. The van der Waals surface area contributed by atoms with Gasteiger partial charge in [-0.15, -0.1) is 0 Å². The van der Waals surface area contributed by atoms with Crippen molar-refractivity contribution in [3.05, 3.63) is 66.7 Å². The summed E-state index contributed by atoms with van der Waals surface area (Å²) >= 11 is 0. The van der Waals surface area contributed by atoms with Crippen molar-refractivity contribution in [3.63, 3.8) is 0 Å². The van der Waals surface area contributed by atoms with E-state index < -0.39 is 0 Å². The second-order valence-corrected chi connectivity index (χ2v) is 5.38. The molecule has 0 unspecified atom stereocenters. The van der Waals surface area contributed by atoms with Gasteiger partial charge in [-0.1, -0.05) is 12.1 Å². The second kappa shape index (κ2) is 6.44. The van der Waals surface area contributed by atoms with Gasteiger partial charge in [-0.2, -0.15) is 0 Å². The minimum absolute atomic E-state index is 0.0119. The van der Waals surface area contributed by atoms with Crippen LogP contribution in [0.25, 0.3) is 17.1 Å². The van der Waals surface area contributed by atoms with Gasteiger partial charge in [0, 0.05) is 43.0 Å². The van der Waals surface area contributed by atoms with Gasteiger partial charge in [0.25, 0.3) is 0 Å². The number of hydrogen-bond acceptors (Lipinski definition) is 3. The lowest BCUT2D eigenvalue weighted by Crippen LogP contribution is -2.23. The van der Waals surface area contributed by atoms with Crippen LogP contribution in [0.15, 0.2) is 61.2 Å². The zero-order chi connectivity index (χ0) is 16.2. The molecule has 0 spiro atoms. The van der Waals surface area contributed by atoms with Crippen molar-refractivity contribution in [2.45, 2.75) is 19.9 Å². The first-order chi connectivity index (χ1) is 11.1. The summed E-state index contributed by atoms with van der Waals surface area (Å²) in [6.45, 7) is 3.49. The van der Waals surface area contributed by atoms with Crippen LogP contribution < -0.4 is 5.32 Å². The van der Waals surface area contributed by atoms with Gasteiger partial charge in [0.15, 0.2) is 0 Å². The van der Waals surface area contributed by atoms with Crippen molar-refractivity contribution in [1.82, 2.24) is 19.9 Å². The molecule has 0 radical (unpaired) electrons. The Balaban J connectivity index is 1.89. The van der Waals surface area contributed by atoms with E-state index in [1.54, 1.807) is 18.6 Å². The van der Waals surface area contributed by atoms with E-state index in [-0.39, 0.29) is 11.9 Å². The number of nitrogens with zero attached hydrogens (tertiary/aromatic N) is 3. The first-order valence-electron chi connectivity index (χ1n) is 7.46. The van der Waals surface area contributed by atoms with E-state index >= 15 is 0 Å². The van der Waals surface area contributed by atoms with Gasteiger partial charge in [0.05, 0.1) is 6.04 Å². The van der Waals surface area contributed by atoms with E-state index in [9.17, 15) is 4.79 Å². The highest BCUT2D eigenvalue weighted by molar-refractivity contribution is 5.73. The molecule has 0 aliphatic heterocycles. The summed E-state index contributed by atoms with van der Waals surface area (Å²) in [5.41, 5.74) is 3.04. The third-order valence-corrected chi connectivity index (χ3v) is 3.65. The molecule has 1 aromatic carbocycles. The molecule has 1 N–H and O–H groups in total. The molecule has 0 aliphatic carbocycles. The lowest BCUT2D eigenvalue weighted by molar-refractivity contribution is -0.119. The lowest BCUT2D eigenvalue weighted by atomic mass is 10.1. The van der Waals surface area contributed by atoms with Crippen LogP contribution in [-0.2, 0) is 4.79 Å². The molecule has 23 heavy (non-hydrogen) atoms. The fourth-order valence-electron chi connectivity index (χ4n) is 2.53. The van der Waals surface area contributed by atoms with Crippen LogP contribution in [0, 0.1) is 0 Å². The van der Waals surface area contributed by atoms with Crippen LogP contribution in [0.4, 0.5) is 0 Å². The maximum atomic E-state index is 11.2. The molecule has 116 valence electrons. The number of nitrogens with one attached hydrogen (secondary N) is 1. The Morgan fingerprint density at radius 2 is 1.96 bits per heavy atom. The zero-order valence-electron chi connectivity index (χ0n) is 13.1. The average Bonchev–Trinajstić information content (AvgIpc) is 3.05. The summed E-state index contributed by atoms with van der Waals surface area (Å²) in [5.74, 6) is 0.816. The molecule has 0 saturated heterocycles. The van der Waals surface area contributed by atoms with E-state index in [4.69, 9.17) is 0 Å². The van der Waals surface area contributed by atoms with Crippen molar-refractivity contribution >= 4 is 5.91 Å². The number of benzene rings is 1. The summed E-state index contributed by atoms with van der Waals surface area (Å²) in [5, 5.41) is 2.88. The highest BCUT2D eigenvalue weighted by Crippen LogP contribution is 2.22. The van der Waals surface area contributed by atoms with Crippen LogP contribution in [0.3, 0.4) is 0 Å². The topological polar surface area (TPSA) is 59.8 Å². The van der Waals surface area contributed by atoms with Crippen molar-refractivity contribution in [1.29, 1.82) is 0 Å².